The number of carbonyl (C=O) groups excluding carboxylic acids is 1. The van der Waals surface area contributed by atoms with Gasteiger partial charge in [-0.15, -0.1) is 11.6 Å². The van der Waals surface area contributed by atoms with Crippen molar-refractivity contribution in [2.45, 2.75) is 51.3 Å². The maximum atomic E-state index is 12.3. The number of hydrogen-bond acceptors (Lipinski definition) is 1. The summed E-state index contributed by atoms with van der Waals surface area (Å²) in [5.41, 5.74) is 0. The van der Waals surface area contributed by atoms with Crippen molar-refractivity contribution in [1.82, 2.24) is 5.32 Å². The number of halogens is 1. The maximum Gasteiger partial charge on any atom is 0.223 e. The highest BCUT2D eigenvalue weighted by atomic mass is 35.5. The molecule has 0 radical (unpaired) electrons. The second-order valence-electron chi connectivity index (χ2n) is 6.85. The Bertz CT molecular complexity index is 339. The molecule has 19 heavy (non-hydrogen) atoms. The molecule has 3 aliphatic carbocycles. The third kappa shape index (κ3) is 2.30. The van der Waals surface area contributed by atoms with Crippen LogP contribution in [0.4, 0.5) is 0 Å². The van der Waals surface area contributed by atoms with Crippen LogP contribution < -0.4 is 5.32 Å². The van der Waals surface area contributed by atoms with E-state index >= 15 is 0 Å². The molecule has 5 unspecified atom stereocenters. The molecule has 0 aliphatic heterocycles. The van der Waals surface area contributed by atoms with Crippen molar-refractivity contribution in [2.24, 2.45) is 35.5 Å². The number of rotatable bonds is 6. The number of fused-ring (bicyclic) bond motifs is 5. The Kier molecular flexibility index (Phi) is 3.81. The van der Waals surface area contributed by atoms with E-state index in [2.05, 4.69) is 19.2 Å². The fourth-order valence-corrected chi connectivity index (χ4v) is 5.39. The normalized spacial score (nSPS) is 40.3. The lowest BCUT2D eigenvalue weighted by Crippen LogP contribution is -2.35. The Labute approximate surface area is 121 Å². The van der Waals surface area contributed by atoms with Gasteiger partial charge in [-0.3, -0.25) is 4.79 Å². The molecule has 0 spiro atoms. The summed E-state index contributed by atoms with van der Waals surface area (Å²) in [5.74, 6) is 4.38. The summed E-state index contributed by atoms with van der Waals surface area (Å²) in [4.78, 5) is 12.3. The van der Waals surface area contributed by atoms with E-state index in [4.69, 9.17) is 11.6 Å². The smallest absolute Gasteiger partial charge is 0.223 e. The molecule has 3 fully saturated rings. The van der Waals surface area contributed by atoms with E-state index in [0.29, 0.717) is 24.3 Å². The molecular weight excluding hydrogens is 258 g/mol. The van der Waals surface area contributed by atoms with E-state index in [1.165, 1.54) is 19.3 Å². The highest BCUT2D eigenvalue weighted by Crippen LogP contribution is 2.69. The fourth-order valence-electron chi connectivity index (χ4n) is 4.96. The summed E-state index contributed by atoms with van der Waals surface area (Å²) < 4.78 is 0. The van der Waals surface area contributed by atoms with Crippen molar-refractivity contribution in [3.8, 4) is 0 Å². The number of hydrogen-bond donors (Lipinski definition) is 1. The number of carbonyl (C=O) groups is 1. The van der Waals surface area contributed by atoms with Gasteiger partial charge in [-0.2, -0.15) is 0 Å². The largest absolute Gasteiger partial charge is 0.354 e. The van der Waals surface area contributed by atoms with Crippen LogP contribution in [0.3, 0.4) is 0 Å². The third-order valence-electron chi connectivity index (χ3n) is 6.07. The molecule has 0 saturated heterocycles. The van der Waals surface area contributed by atoms with Crippen LogP contribution in [0, 0.1) is 35.5 Å². The first-order valence-corrected chi connectivity index (χ1v) is 8.52. The summed E-state index contributed by atoms with van der Waals surface area (Å²) in [6.07, 6.45) is 6.35. The van der Waals surface area contributed by atoms with Crippen molar-refractivity contribution in [2.75, 3.05) is 6.54 Å². The van der Waals surface area contributed by atoms with Gasteiger partial charge in [-0.05, 0) is 48.9 Å². The van der Waals surface area contributed by atoms with Gasteiger partial charge in [-0.1, -0.05) is 26.7 Å². The van der Waals surface area contributed by atoms with Crippen molar-refractivity contribution in [3.05, 3.63) is 0 Å². The van der Waals surface area contributed by atoms with Crippen LogP contribution in [0.2, 0.25) is 0 Å². The highest BCUT2D eigenvalue weighted by Gasteiger charge is 2.67. The predicted molar refractivity (Wildman–Crippen MR) is 78.0 cm³/mol. The lowest BCUT2D eigenvalue weighted by molar-refractivity contribution is -0.123. The van der Waals surface area contributed by atoms with E-state index in [1.807, 2.05) is 0 Å². The van der Waals surface area contributed by atoms with Crippen LogP contribution >= 0.6 is 11.6 Å². The predicted octanol–water partition coefficient (Wildman–Crippen LogP) is 3.44. The molecule has 2 nitrogen and oxygen atoms in total. The molecule has 0 aromatic rings. The molecular formula is C16H26ClNO. The molecule has 3 rings (SSSR count). The Morgan fingerprint density at radius 1 is 1.21 bits per heavy atom. The van der Waals surface area contributed by atoms with Crippen molar-refractivity contribution >= 4 is 17.5 Å². The van der Waals surface area contributed by atoms with Gasteiger partial charge in [0.25, 0.3) is 0 Å². The Balaban J connectivity index is 1.46. The van der Waals surface area contributed by atoms with Crippen LogP contribution in [0.5, 0.6) is 0 Å². The van der Waals surface area contributed by atoms with Gasteiger partial charge < -0.3 is 5.32 Å². The summed E-state index contributed by atoms with van der Waals surface area (Å²) in [5, 5.41) is 3.21. The SMILES string of the molecule is CCC(CC)C(Cl)CNC(=O)C1C2C3CCC(C3)C12. The molecule has 3 saturated carbocycles. The Hall–Kier alpha value is -0.240. The van der Waals surface area contributed by atoms with Gasteiger partial charge in [0.15, 0.2) is 0 Å². The molecule has 1 amide bonds. The van der Waals surface area contributed by atoms with E-state index < -0.39 is 0 Å². The molecule has 1 N–H and O–H groups in total. The minimum atomic E-state index is 0.0919. The monoisotopic (exact) mass is 283 g/mol. The minimum Gasteiger partial charge on any atom is -0.354 e. The van der Waals surface area contributed by atoms with Gasteiger partial charge in [0.2, 0.25) is 5.91 Å². The fraction of sp³-hybridized carbons (Fsp3) is 0.938. The summed E-state index contributed by atoms with van der Waals surface area (Å²) in [6, 6.07) is 0. The van der Waals surface area contributed by atoms with Gasteiger partial charge in [0.1, 0.15) is 0 Å². The summed E-state index contributed by atoms with van der Waals surface area (Å²) >= 11 is 6.39. The standard InChI is InChI=1S/C16H26ClNO/c1-3-9(4-2)12(17)8-18-16(19)15-13-10-5-6-11(7-10)14(13)15/h9-15H,3-8H2,1-2H3,(H,18,19). The number of alkyl halides is 1. The van der Waals surface area contributed by atoms with Crippen LogP contribution in [0.1, 0.15) is 46.0 Å². The van der Waals surface area contributed by atoms with Gasteiger partial charge in [0.05, 0.1) is 5.38 Å². The van der Waals surface area contributed by atoms with E-state index in [0.717, 1.165) is 36.5 Å². The molecule has 0 aromatic heterocycles. The number of amides is 1. The summed E-state index contributed by atoms with van der Waals surface area (Å²) in [7, 11) is 0. The second kappa shape index (κ2) is 5.27. The molecule has 3 aliphatic rings. The van der Waals surface area contributed by atoms with Gasteiger partial charge >= 0.3 is 0 Å². The second-order valence-corrected chi connectivity index (χ2v) is 7.41. The summed E-state index contributed by atoms with van der Waals surface area (Å²) in [6.45, 7) is 5.00. The Morgan fingerprint density at radius 2 is 1.79 bits per heavy atom. The zero-order chi connectivity index (χ0) is 13.6. The average Bonchev–Trinajstić information content (AvgIpc) is 2.86. The van der Waals surface area contributed by atoms with Crippen LogP contribution in [0.15, 0.2) is 0 Å². The number of nitrogens with one attached hydrogen (secondary N) is 1. The first-order chi connectivity index (χ1) is 9.17. The molecule has 5 atom stereocenters. The Morgan fingerprint density at radius 3 is 2.32 bits per heavy atom. The highest BCUT2D eigenvalue weighted by molar-refractivity contribution is 6.21. The van der Waals surface area contributed by atoms with E-state index in [9.17, 15) is 4.79 Å². The zero-order valence-corrected chi connectivity index (χ0v) is 12.8. The van der Waals surface area contributed by atoms with Crippen molar-refractivity contribution in [3.63, 3.8) is 0 Å². The quantitative estimate of drug-likeness (QED) is 0.744. The first-order valence-electron chi connectivity index (χ1n) is 8.09. The van der Waals surface area contributed by atoms with Crippen LogP contribution in [-0.4, -0.2) is 17.8 Å². The van der Waals surface area contributed by atoms with E-state index in [1.54, 1.807) is 0 Å². The van der Waals surface area contributed by atoms with Gasteiger partial charge in [0, 0.05) is 12.5 Å². The third-order valence-corrected chi connectivity index (χ3v) is 6.58. The van der Waals surface area contributed by atoms with Crippen LogP contribution in [0.25, 0.3) is 0 Å². The topological polar surface area (TPSA) is 29.1 Å². The lowest BCUT2D eigenvalue weighted by Gasteiger charge is -2.20. The lowest BCUT2D eigenvalue weighted by atomic mass is 9.98. The average molecular weight is 284 g/mol. The van der Waals surface area contributed by atoms with E-state index in [-0.39, 0.29) is 5.38 Å². The minimum absolute atomic E-state index is 0.0919. The van der Waals surface area contributed by atoms with Crippen molar-refractivity contribution in [1.29, 1.82) is 0 Å². The van der Waals surface area contributed by atoms with Crippen molar-refractivity contribution < 1.29 is 4.79 Å². The molecule has 0 heterocycles. The molecule has 108 valence electrons. The first kappa shape index (κ1) is 13.7. The van der Waals surface area contributed by atoms with Crippen LogP contribution in [-0.2, 0) is 4.79 Å². The molecule has 3 heteroatoms. The molecule has 2 bridgehead atoms. The maximum absolute atomic E-state index is 12.3. The zero-order valence-electron chi connectivity index (χ0n) is 12.1. The van der Waals surface area contributed by atoms with Gasteiger partial charge in [-0.25, -0.2) is 0 Å². The molecule has 0 aromatic carbocycles.